The Balaban J connectivity index is 1.82. The highest BCUT2D eigenvalue weighted by molar-refractivity contribution is 5.85. The third-order valence-corrected chi connectivity index (χ3v) is 4.05. The third-order valence-electron chi connectivity index (χ3n) is 4.05. The van der Waals surface area contributed by atoms with E-state index in [9.17, 15) is 14.7 Å². The minimum Gasteiger partial charge on any atom is -0.491 e. The van der Waals surface area contributed by atoms with E-state index < -0.39 is 11.4 Å². The number of aliphatic carboxylic acids is 1. The third kappa shape index (κ3) is 4.00. The lowest BCUT2D eigenvalue weighted by Gasteiger charge is -2.36. The van der Waals surface area contributed by atoms with Crippen LogP contribution >= 0.6 is 0 Å². The van der Waals surface area contributed by atoms with E-state index in [0.717, 1.165) is 17.7 Å². The summed E-state index contributed by atoms with van der Waals surface area (Å²) in [7, 11) is 0. The van der Waals surface area contributed by atoms with Gasteiger partial charge in [-0.15, -0.1) is 0 Å². The highest BCUT2D eigenvalue weighted by Gasteiger charge is 2.45. The van der Waals surface area contributed by atoms with Crippen molar-refractivity contribution in [3.8, 4) is 5.75 Å². The fraction of sp³-hybridized carbons (Fsp3) is 0.529. The summed E-state index contributed by atoms with van der Waals surface area (Å²) in [5.41, 5.74) is 0.126. The maximum atomic E-state index is 11.9. The molecule has 1 fully saturated rings. The second-order valence-corrected chi connectivity index (χ2v) is 6.20. The van der Waals surface area contributed by atoms with Gasteiger partial charge in [-0.1, -0.05) is 18.6 Å². The SMILES string of the molecule is CC(C)Oc1ccc(CNC(=O)CC2(C(=O)O)CCC2)cc1. The average molecular weight is 305 g/mol. The molecule has 1 aliphatic carbocycles. The maximum absolute atomic E-state index is 11.9. The van der Waals surface area contributed by atoms with Crippen LogP contribution in [0.3, 0.4) is 0 Å². The molecule has 1 aromatic carbocycles. The number of benzene rings is 1. The van der Waals surface area contributed by atoms with Gasteiger partial charge in [0.15, 0.2) is 0 Å². The smallest absolute Gasteiger partial charge is 0.310 e. The van der Waals surface area contributed by atoms with E-state index in [0.29, 0.717) is 19.4 Å². The molecular weight excluding hydrogens is 282 g/mol. The number of carboxylic acid groups (broad SMARTS) is 1. The first-order valence-corrected chi connectivity index (χ1v) is 7.67. The van der Waals surface area contributed by atoms with Gasteiger partial charge in [0.2, 0.25) is 5.91 Å². The molecule has 0 unspecified atom stereocenters. The second-order valence-electron chi connectivity index (χ2n) is 6.20. The van der Waals surface area contributed by atoms with Crippen LogP contribution in [0.2, 0.25) is 0 Å². The van der Waals surface area contributed by atoms with Gasteiger partial charge in [0.05, 0.1) is 11.5 Å². The van der Waals surface area contributed by atoms with Crippen molar-refractivity contribution in [2.24, 2.45) is 5.41 Å². The summed E-state index contributed by atoms with van der Waals surface area (Å²) < 4.78 is 5.56. The van der Waals surface area contributed by atoms with Crippen molar-refractivity contribution >= 4 is 11.9 Å². The predicted molar refractivity (Wildman–Crippen MR) is 82.6 cm³/mol. The van der Waals surface area contributed by atoms with Crippen LogP contribution in [0.1, 0.15) is 45.1 Å². The summed E-state index contributed by atoms with van der Waals surface area (Å²) in [6, 6.07) is 7.53. The van der Waals surface area contributed by atoms with E-state index in [1.807, 2.05) is 38.1 Å². The van der Waals surface area contributed by atoms with Gasteiger partial charge in [0.1, 0.15) is 5.75 Å². The lowest BCUT2D eigenvalue weighted by atomic mass is 9.66. The molecule has 5 heteroatoms. The summed E-state index contributed by atoms with van der Waals surface area (Å²) in [6.45, 7) is 4.33. The highest BCUT2D eigenvalue weighted by Crippen LogP contribution is 2.44. The zero-order valence-corrected chi connectivity index (χ0v) is 13.1. The zero-order chi connectivity index (χ0) is 16.2. The fourth-order valence-corrected chi connectivity index (χ4v) is 2.60. The molecule has 0 bridgehead atoms. The Morgan fingerprint density at radius 3 is 2.36 bits per heavy atom. The Morgan fingerprint density at radius 2 is 1.91 bits per heavy atom. The first kappa shape index (κ1) is 16.3. The van der Waals surface area contributed by atoms with Gasteiger partial charge in [-0.2, -0.15) is 0 Å². The highest BCUT2D eigenvalue weighted by atomic mass is 16.5. The normalized spacial score (nSPS) is 16.0. The number of rotatable bonds is 7. The summed E-state index contributed by atoms with van der Waals surface area (Å²) >= 11 is 0. The van der Waals surface area contributed by atoms with Gasteiger partial charge in [-0.3, -0.25) is 9.59 Å². The van der Waals surface area contributed by atoms with Crippen LogP contribution in [0.25, 0.3) is 0 Å². The molecule has 1 aliphatic rings. The number of ether oxygens (including phenoxy) is 1. The first-order chi connectivity index (χ1) is 10.4. The van der Waals surface area contributed by atoms with Gasteiger partial charge in [-0.05, 0) is 44.4 Å². The average Bonchev–Trinajstić information content (AvgIpc) is 2.41. The fourth-order valence-electron chi connectivity index (χ4n) is 2.60. The molecule has 2 rings (SSSR count). The van der Waals surface area contributed by atoms with Gasteiger partial charge in [-0.25, -0.2) is 0 Å². The molecule has 0 saturated heterocycles. The molecule has 2 N–H and O–H groups in total. The molecular formula is C17H23NO4. The minimum atomic E-state index is -0.857. The molecule has 5 nitrogen and oxygen atoms in total. The van der Waals surface area contributed by atoms with E-state index in [2.05, 4.69) is 5.32 Å². The Labute approximate surface area is 130 Å². The van der Waals surface area contributed by atoms with Crippen LogP contribution in [0.15, 0.2) is 24.3 Å². The molecule has 0 heterocycles. The minimum absolute atomic E-state index is 0.0663. The number of amides is 1. The van der Waals surface area contributed by atoms with E-state index >= 15 is 0 Å². The lowest BCUT2D eigenvalue weighted by Crippen LogP contribution is -2.42. The van der Waals surface area contributed by atoms with Crippen LogP contribution in [0.5, 0.6) is 5.75 Å². The lowest BCUT2D eigenvalue weighted by molar-refractivity contribution is -0.157. The second kappa shape index (κ2) is 6.81. The number of carbonyl (C=O) groups excluding carboxylic acids is 1. The van der Waals surface area contributed by atoms with E-state index in [4.69, 9.17) is 4.74 Å². The maximum Gasteiger partial charge on any atom is 0.310 e. The molecule has 1 saturated carbocycles. The van der Waals surface area contributed by atoms with Gasteiger partial charge in [0.25, 0.3) is 0 Å². The predicted octanol–water partition coefficient (Wildman–Crippen LogP) is 2.74. The molecule has 1 amide bonds. The molecule has 1 aromatic rings. The topological polar surface area (TPSA) is 75.6 Å². The van der Waals surface area contributed by atoms with E-state index in [1.165, 1.54) is 0 Å². The monoisotopic (exact) mass is 305 g/mol. The largest absolute Gasteiger partial charge is 0.491 e. The summed E-state index contributed by atoms with van der Waals surface area (Å²) in [5.74, 6) is -0.266. The number of hydrogen-bond acceptors (Lipinski definition) is 3. The quantitative estimate of drug-likeness (QED) is 0.812. The Bertz CT molecular complexity index is 532. The Morgan fingerprint density at radius 1 is 1.27 bits per heavy atom. The zero-order valence-electron chi connectivity index (χ0n) is 13.1. The van der Waals surface area contributed by atoms with Crippen molar-refractivity contribution < 1.29 is 19.4 Å². The van der Waals surface area contributed by atoms with E-state index in [-0.39, 0.29) is 18.4 Å². The summed E-state index contributed by atoms with van der Waals surface area (Å²) in [6.07, 6.45) is 2.27. The Kier molecular flexibility index (Phi) is 5.06. The van der Waals surface area contributed by atoms with Crippen LogP contribution in [0.4, 0.5) is 0 Å². The number of carbonyl (C=O) groups is 2. The molecule has 22 heavy (non-hydrogen) atoms. The van der Waals surface area contributed by atoms with Gasteiger partial charge in [0, 0.05) is 13.0 Å². The first-order valence-electron chi connectivity index (χ1n) is 7.67. The molecule has 0 radical (unpaired) electrons. The summed E-state index contributed by atoms with van der Waals surface area (Å²) in [4.78, 5) is 23.2. The molecule has 120 valence electrons. The van der Waals surface area contributed by atoms with Crippen molar-refractivity contribution in [3.05, 3.63) is 29.8 Å². The van der Waals surface area contributed by atoms with Crippen molar-refractivity contribution in [2.75, 3.05) is 0 Å². The standard InChI is InChI=1S/C17H23NO4/c1-12(2)22-14-6-4-13(5-7-14)11-18-15(19)10-17(16(20)21)8-3-9-17/h4-7,12H,3,8-11H2,1-2H3,(H,18,19)(H,20,21). The van der Waals surface area contributed by atoms with Crippen LogP contribution in [-0.2, 0) is 16.1 Å². The van der Waals surface area contributed by atoms with Crippen molar-refractivity contribution in [2.45, 2.75) is 52.2 Å². The number of carboxylic acids is 1. The number of nitrogens with one attached hydrogen (secondary N) is 1. The van der Waals surface area contributed by atoms with E-state index in [1.54, 1.807) is 0 Å². The van der Waals surface area contributed by atoms with Crippen molar-refractivity contribution in [3.63, 3.8) is 0 Å². The molecule has 0 atom stereocenters. The van der Waals surface area contributed by atoms with Crippen molar-refractivity contribution in [1.82, 2.24) is 5.32 Å². The van der Waals surface area contributed by atoms with Crippen LogP contribution in [-0.4, -0.2) is 23.1 Å². The van der Waals surface area contributed by atoms with Crippen molar-refractivity contribution in [1.29, 1.82) is 0 Å². The van der Waals surface area contributed by atoms with Gasteiger partial charge >= 0.3 is 5.97 Å². The summed E-state index contributed by atoms with van der Waals surface area (Å²) in [5, 5.41) is 12.0. The van der Waals surface area contributed by atoms with Gasteiger partial charge < -0.3 is 15.2 Å². The molecule has 0 aliphatic heterocycles. The Hall–Kier alpha value is -2.04. The molecule has 0 spiro atoms. The van der Waals surface area contributed by atoms with Crippen LogP contribution < -0.4 is 10.1 Å². The van der Waals surface area contributed by atoms with Crippen LogP contribution in [0, 0.1) is 5.41 Å². The number of hydrogen-bond donors (Lipinski definition) is 2. The molecule has 0 aromatic heterocycles.